The zero-order valence-corrected chi connectivity index (χ0v) is 20.1. The van der Waals surface area contributed by atoms with Crippen LogP contribution in [0.25, 0.3) is 0 Å². The van der Waals surface area contributed by atoms with E-state index in [2.05, 4.69) is 37.6 Å². The van der Waals surface area contributed by atoms with Gasteiger partial charge in [0.1, 0.15) is 0 Å². The summed E-state index contributed by atoms with van der Waals surface area (Å²) in [4.78, 5) is 10.6. The lowest BCUT2D eigenvalue weighted by Crippen LogP contribution is -2.60. The monoisotopic (exact) mass is 441 g/mol. The molecule has 0 amide bonds. The summed E-state index contributed by atoms with van der Waals surface area (Å²) >= 11 is -1.42. The maximum absolute atomic E-state index is 12.5. The molecule has 0 aromatic rings. The standard InChI is InChI=1S/C24H43NO4S/c1-4-5-6-7-10-13-16-29-30(28)25-22-18-19-17-21(24(19,2)3)20(22)14-11-8-9-12-15-23(26)27/h8,11,19-22,25H,4-7,9-10,12-18H2,1-3H3,(H,26,27)/t19-,20?,21+,22?,30?/m1/s1. The van der Waals surface area contributed by atoms with Crippen molar-refractivity contribution in [2.45, 2.75) is 104 Å². The van der Waals surface area contributed by atoms with Gasteiger partial charge in [0, 0.05) is 12.5 Å². The third kappa shape index (κ3) is 7.76. The first kappa shape index (κ1) is 25.5. The van der Waals surface area contributed by atoms with Gasteiger partial charge in [-0.15, -0.1) is 0 Å². The molecule has 0 aliphatic heterocycles. The summed E-state index contributed by atoms with van der Waals surface area (Å²) < 4.78 is 21.3. The quantitative estimate of drug-likeness (QED) is 0.235. The van der Waals surface area contributed by atoms with Crippen molar-refractivity contribution in [2.75, 3.05) is 6.61 Å². The maximum Gasteiger partial charge on any atom is 0.303 e. The number of rotatable bonds is 16. The Hall–Kier alpha value is -0.720. The Kier molecular flexibility index (Phi) is 11.0. The van der Waals surface area contributed by atoms with E-state index >= 15 is 0 Å². The van der Waals surface area contributed by atoms with Gasteiger partial charge in [-0.3, -0.25) is 8.98 Å². The fourth-order valence-electron chi connectivity index (χ4n) is 5.33. The number of hydrogen-bond donors (Lipinski definition) is 2. The molecule has 3 saturated carbocycles. The molecule has 2 bridgehead atoms. The second kappa shape index (κ2) is 13.0. The number of aliphatic carboxylic acids is 1. The first-order valence-corrected chi connectivity index (χ1v) is 13.1. The molecule has 0 aromatic carbocycles. The predicted molar refractivity (Wildman–Crippen MR) is 123 cm³/mol. The van der Waals surface area contributed by atoms with E-state index in [9.17, 15) is 9.00 Å². The maximum atomic E-state index is 12.5. The molecule has 5 nitrogen and oxygen atoms in total. The molecule has 174 valence electrons. The van der Waals surface area contributed by atoms with Gasteiger partial charge in [0.15, 0.2) is 0 Å². The lowest BCUT2D eigenvalue weighted by atomic mass is 9.44. The van der Waals surface area contributed by atoms with Gasteiger partial charge >= 0.3 is 5.97 Å². The van der Waals surface area contributed by atoms with E-state index in [1.54, 1.807) is 0 Å². The molecule has 0 heterocycles. The van der Waals surface area contributed by atoms with Crippen LogP contribution in [0.15, 0.2) is 12.2 Å². The molecule has 3 aliphatic carbocycles. The van der Waals surface area contributed by atoms with Gasteiger partial charge in [0.2, 0.25) is 11.3 Å². The van der Waals surface area contributed by atoms with Crippen LogP contribution in [0.2, 0.25) is 0 Å². The summed E-state index contributed by atoms with van der Waals surface area (Å²) in [6.07, 6.45) is 16.5. The topological polar surface area (TPSA) is 75.6 Å². The lowest BCUT2D eigenvalue weighted by Gasteiger charge is -2.62. The van der Waals surface area contributed by atoms with Gasteiger partial charge < -0.3 is 5.11 Å². The summed E-state index contributed by atoms with van der Waals surface area (Å²) in [5.74, 6) is 1.08. The number of carboxylic acid groups (broad SMARTS) is 1. The Morgan fingerprint density at radius 1 is 1.13 bits per heavy atom. The third-order valence-electron chi connectivity index (χ3n) is 7.39. The van der Waals surface area contributed by atoms with Gasteiger partial charge in [-0.2, -0.15) is 0 Å². The fraction of sp³-hybridized carbons (Fsp3) is 0.875. The van der Waals surface area contributed by atoms with Gasteiger partial charge in [-0.25, -0.2) is 8.93 Å². The highest BCUT2D eigenvalue weighted by atomic mass is 32.2. The number of allylic oxidation sites excluding steroid dienone is 2. The molecular weight excluding hydrogens is 398 g/mol. The summed E-state index contributed by atoms with van der Waals surface area (Å²) in [6, 6.07) is 0.232. The van der Waals surface area contributed by atoms with Crippen LogP contribution in [0.4, 0.5) is 0 Å². The van der Waals surface area contributed by atoms with Gasteiger partial charge in [-0.05, 0) is 61.7 Å². The van der Waals surface area contributed by atoms with Crippen molar-refractivity contribution in [1.29, 1.82) is 0 Å². The fourth-order valence-corrected chi connectivity index (χ4v) is 6.18. The molecule has 6 heteroatoms. The average Bonchev–Trinajstić information content (AvgIpc) is 2.70. The molecule has 0 saturated heterocycles. The molecule has 3 fully saturated rings. The van der Waals surface area contributed by atoms with Crippen LogP contribution in [0.1, 0.15) is 97.8 Å². The molecule has 0 radical (unpaired) electrons. The van der Waals surface area contributed by atoms with Gasteiger partial charge in [0.05, 0.1) is 6.61 Å². The lowest BCUT2D eigenvalue weighted by molar-refractivity contribution is -0.137. The zero-order valence-electron chi connectivity index (χ0n) is 19.2. The van der Waals surface area contributed by atoms with Crippen LogP contribution in [0.5, 0.6) is 0 Å². The van der Waals surface area contributed by atoms with Crippen molar-refractivity contribution in [3.8, 4) is 0 Å². The van der Waals surface area contributed by atoms with E-state index in [0.717, 1.165) is 32.1 Å². The summed E-state index contributed by atoms with van der Waals surface area (Å²) in [5, 5.41) is 8.74. The van der Waals surface area contributed by atoms with Gasteiger partial charge in [0.25, 0.3) is 0 Å². The second-order valence-electron chi connectivity index (χ2n) is 9.80. The number of carboxylic acids is 1. The highest BCUT2D eigenvalue weighted by Gasteiger charge is 2.57. The second-order valence-corrected chi connectivity index (χ2v) is 10.7. The summed E-state index contributed by atoms with van der Waals surface area (Å²) in [5.41, 5.74) is 0.362. The zero-order chi connectivity index (χ0) is 22.0. The van der Waals surface area contributed by atoms with E-state index in [-0.39, 0.29) is 12.5 Å². The van der Waals surface area contributed by atoms with Crippen molar-refractivity contribution in [1.82, 2.24) is 4.72 Å². The Balaban J connectivity index is 1.75. The molecule has 3 aliphatic rings. The van der Waals surface area contributed by atoms with E-state index in [1.807, 2.05) is 0 Å². The van der Waals surface area contributed by atoms with E-state index in [4.69, 9.17) is 9.29 Å². The highest BCUT2D eigenvalue weighted by molar-refractivity contribution is 7.78. The van der Waals surface area contributed by atoms with Crippen molar-refractivity contribution in [2.24, 2.45) is 23.2 Å². The molecule has 0 aromatic heterocycles. The van der Waals surface area contributed by atoms with Crippen molar-refractivity contribution < 1.29 is 18.3 Å². The van der Waals surface area contributed by atoms with Crippen molar-refractivity contribution in [3.63, 3.8) is 0 Å². The van der Waals surface area contributed by atoms with Gasteiger partial charge in [-0.1, -0.05) is 65.0 Å². The molecule has 30 heavy (non-hydrogen) atoms. The molecule has 3 rings (SSSR count). The molecule has 5 atom stereocenters. The SMILES string of the molecule is CCCCCCCCOS(=O)NC1C[C@H]2C[C@@H](C1CC=CCCCC(=O)O)C2(C)C. The number of unbranched alkanes of at least 4 members (excludes halogenated alkanes) is 6. The number of hydrogen-bond acceptors (Lipinski definition) is 3. The van der Waals surface area contributed by atoms with Crippen molar-refractivity contribution in [3.05, 3.63) is 12.2 Å². The van der Waals surface area contributed by atoms with E-state index in [1.165, 1.54) is 32.1 Å². The normalized spacial score (nSPS) is 28.4. The molecule has 2 N–H and O–H groups in total. The minimum Gasteiger partial charge on any atom is -0.481 e. The number of nitrogens with one attached hydrogen (secondary N) is 1. The van der Waals surface area contributed by atoms with Crippen LogP contribution < -0.4 is 4.72 Å². The van der Waals surface area contributed by atoms with Crippen LogP contribution in [0.3, 0.4) is 0 Å². The number of carbonyl (C=O) groups is 1. The van der Waals surface area contributed by atoms with Crippen LogP contribution in [0, 0.1) is 23.2 Å². The molecule has 0 spiro atoms. The Morgan fingerprint density at radius 3 is 2.57 bits per heavy atom. The number of fused-ring (bicyclic) bond motifs is 2. The predicted octanol–water partition coefficient (Wildman–Crippen LogP) is 5.78. The minimum absolute atomic E-state index is 0.226. The first-order valence-electron chi connectivity index (χ1n) is 12.0. The Morgan fingerprint density at radius 2 is 1.87 bits per heavy atom. The molecular formula is C24H43NO4S. The van der Waals surface area contributed by atoms with E-state index in [0.29, 0.717) is 36.2 Å². The third-order valence-corrected chi connectivity index (χ3v) is 8.27. The minimum atomic E-state index is -1.42. The average molecular weight is 442 g/mol. The summed E-state index contributed by atoms with van der Waals surface area (Å²) in [7, 11) is 0. The van der Waals surface area contributed by atoms with Crippen LogP contribution >= 0.6 is 0 Å². The first-order chi connectivity index (χ1) is 14.4. The van der Waals surface area contributed by atoms with Crippen LogP contribution in [-0.2, 0) is 20.2 Å². The Bertz CT molecular complexity index is 578. The largest absolute Gasteiger partial charge is 0.481 e. The van der Waals surface area contributed by atoms with Crippen LogP contribution in [-0.4, -0.2) is 27.9 Å². The molecule has 3 unspecified atom stereocenters. The highest BCUT2D eigenvalue weighted by Crippen LogP contribution is 2.62. The van der Waals surface area contributed by atoms with Crippen molar-refractivity contribution >= 4 is 17.2 Å². The Labute approximate surface area is 186 Å². The van der Waals surface area contributed by atoms with E-state index < -0.39 is 17.2 Å². The summed E-state index contributed by atoms with van der Waals surface area (Å²) in [6.45, 7) is 7.52. The smallest absolute Gasteiger partial charge is 0.303 e.